The van der Waals surface area contributed by atoms with Gasteiger partial charge in [0.2, 0.25) is 0 Å². The zero-order valence-corrected chi connectivity index (χ0v) is 21.3. The van der Waals surface area contributed by atoms with Gasteiger partial charge < -0.3 is 24.2 Å². The highest BCUT2D eigenvalue weighted by Crippen LogP contribution is 2.42. The third kappa shape index (κ3) is 5.20. The van der Waals surface area contributed by atoms with E-state index in [4.69, 9.17) is 14.2 Å². The van der Waals surface area contributed by atoms with E-state index in [1.54, 1.807) is 42.7 Å². The molecule has 2 aliphatic heterocycles. The number of ether oxygens (including phenoxy) is 3. The average Bonchev–Trinajstić information content (AvgIpc) is 3.20. The lowest BCUT2D eigenvalue weighted by Crippen LogP contribution is -2.29. The minimum Gasteiger partial charge on any atom is -0.507 e. The van der Waals surface area contributed by atoms with Crippen molar-refractivity contribution in [1.82, 2.24) is 9.88 Å². The highest BCUT2D eigenvalue weighted by Gasteiger charge is 2.46. The van der Waals surface area contributed by atoms with E-state index < -0.39 is 17.7 Å². The second-order valence-electron chi connectivity index (χ2n) is 9.27. The van der Waals surface area contributed by atoms with E-state index in [0.717, 1.165) is 24.8 Å². The van der Waals surface area contributed by atoms with Crippen molar-refractivity contribution in [3.63, 3.8) is 0 Å². The van der Waals surface area contributed by atoms with E-state index >= 15 is 0 Å². The molecule has 1 atom stereocenters. The summed E-state index contributed by atoms with van der Waals surface area (Å²) in [6.07, 6.45) is 6.38. The van der Waals surface area contributed by atoms with Gasteiger partial charge in [0.05, 0.1) is 18.2 Å². The van der Waals surface area contributed by atoms with Crippen LogP contribution in [-0.4, -0.2) is 46.5 Å². The number of benzene rings is 2. The molecule has 0 unspecified atom stereocenters. The van der Waals surface area contributed by atoms with Crippen molar-refractivity contribution in [1.29, 1.82) is 0 Å². The van der Waals surface area contributed by atoms with Crippen LogP contribution in [0.3, 0.4) is 0 Å². The zero-order valence-electron chi connectivity index (χ0n) is 21.3. The first kappa shape index (κ1) is 25.3. The lowest BCUT2D eigenvalue weighted by Gasteiger charge is -2.26. The molecule has 196 valence electrons. The van der Waals surface area contributed by atoms with Crippen LogP contribution in [0, 0.1) is 0 Å². The molecule has 0 aliphatic carbocycles. The first-order chi connectivity index (χ1) is 18.6. The first-order valence-electron chi connectivity index (χ1n) is 12.9. The summed E-state index contributed by atoms with van der Waals surface area (Å²) in [5, 5.41) is 11.4. The van der Waals surface area contributed by atoms with Gasteiger partial charge in [0.15, 0.2) is 11.5 Å². The van der Waals surface area contributed by atoms with Gasteiger partial charge in [-0.3, -0.25) is 14.6 Å². The van der Waals surface area contributed by atoms with Crippen LogP contribution >= 0.6 is 0 Å². The molecule has 0 spiro atoms. The van der Waals surface area contributed by atoms with Gasteiger partial charge in [-0.1, -0.05) is 31.9 Å². The number of unbranched alkanes of at least 4 members (excludes halogenated alkanes) is 2. The van der Waals surface area contributed by atoms with Gasteiger partial charge in [-0.25, -0.2) is 0 Å². The maximum atomic E-state index is 13.4. The molecule has 1 aromatic heterocycles. The van der Waals surface area contributed by atoms with Gasteiger partial charge in [0.25, 0.3) is 11.7 Å². The number of aliphatic hydroxyl groups is 1. The third-order valence-electron chi connectivity index (χ3n) is 6.65. The standard InChI is InChI=1S/C30H30N2O6/c1-2-3-4-14-36-23-7-5-6-21(17-23)27-26(28(33)22-8-9-24-25(18-22)38-16-15-37-24)29(34)30(35)32(27)19-20-10-12-31-13-11-20/h5-13,17-18,27,33H,2-4,14-16,19H2,1H3/b28-26+/t27-/m1/s1. The SMILES string of the molecule is CCCCCOc1cccc([C@@H]2/C(=C(\O)c3ccc4c(c3)OCCO4)C(=O)C(=O)N2Cc2ccncc2)c1. The van der Waals surface area contributed by atoms with Gasteiger partial charge >= 0.3 is 0 Å². The number of aliphatic hydroxyl groups excluding tert-OH is 1. The van der Waals surface area contributed by atoms with Crippen LogP contribution in [-0.2, 0) is 16.1 Å². The Morgan fingerprint density at radius 2 is 1.82 bits per heavy atom. The van der Waals surface area contributed by atoms with Gasteiger partial charge in [0, 0.05) is 24.5 Å². The molecule has 5 rings (SSSR count). The summed E-state index contributed by atoms with van der Waals surface area (Å²) in [7, 11) is 0. The number of likely N-dealkylation sites (tertiary alicyclic amines) is 1. The number of fused-ring (bicyclic) bond motifs is 1. The Morgan fingerprint density at radius 3 is 2.61 bits per heavy atom. The van der Waals surface area contributed by atoms with Crippen molar-refractivity contribution in [2.75, 3.05) is 19.8 Å². The number of hydrogen-bond donors (Lipinski definition) is 1. The molecule has 38 heavy (non-hydrogen) atoms. The van der Waals surface area contributed by atoms with E-state index in [0.29, 0.717) is 48.2 Å². The van der Waals surface area contributed by atoms with E-state index in [2.05, 4.69) is 11.9 Å². The quantitative estimate of drug-likeness (QED) is 0.185. The zero-order chi connectivity index (χ0) is 26.5. The van der Waals surface area contributed by atoms with Crippen LogP contribution in [0.2, 0.25) is 0 Å². The summed E-state index contributed by atoms with van der Waals surface area (Å²) in [5.74, 6) is -0.00381. The largest absolute Gasteiger partial charge is 0.507 e. The number of amides is 1. The summed E-state index contributed by atoms with van der Waals surface area (Å²) >= 11 is 0. The summed E-state index contributed by atoms with van der Waals surface area (Å²) in [6.45, 7) is 3.71. The molecule has 2 aliphatic rings. The molecule has 1 fully saturated rings. The number of nitrogens with zero attached hydrogens (tertiary/aromatic N) is 2. The molecule has 8 nitrogen and oxygen atoms in total. The van der Waals surface area contributed by atoms with Crippen molar-refractivity contribution in [2.45, 2.75) is 38.8 Å². The van der Waals surface area contributed by atoms with E-state index in [1.165, 1.54) is 4.90 Å². The van der Waals surface area contributed by atoms with E-state index in [-0.39, 0.29) is 17.9 Å². The smallest absolute Gasteiger partial charge is 0.295 e. The summed E-state index contributed by atoms with van der Waals surface area (Å²) in [4.78, 5) is 32.3. The second-order valence-corrected chi connectivity index (χ2v) is 9.27. The van der Waals surface area contributed by atoms with Gasteiger partial charge in [-0.15, -0.1) is 0 Å². The van der Waals surface area contributed by atoms with Crippen LogP contribution in [0.15, 0.2) is 72.6 Å². The number of Topliss-reactive ketones (excluding diaryl/α,β-unsaturated/α-hetero) is 1. The highest BCUT2D eigenvalue weighted by atomic mass is 16.6. The van der Waals surface area contributed by atoms with Crippen molar-refractivity contribution in [3.05, 3.63) is 89.3 Å². The molecule has 1 saturated heterocycles. The molecular weight excluding hydrogens is 484 g/mol. The van der Waals surface area contributed by atoms with Crippen molar-refractivity contribution >= 4 is 17.4 Å². The maximum absolute atomic E-state index is 13.4. The van der Waals surface area contributed by atoms with Crippen LogP contribution < -0.4 is 14.2 Å². The lowest BCUT2D eigenvalue weighted by atomic mass is 9.95. The molecule has 1 amide bonds. The number of carbonyl (C=O) groups is 2. The number of rotatable bonds is 9. The van der Waals surface area contributed by atoms with Gasteiger partial charge in [0.1, 0.15) is 24.7 Å². The minimum absolute atomic E-state index is 0.0175. The Bertz CT molecular complexity index is 1350. The fourth-order valence-corrected chi connectivity index (χ4v) is 4.74. The third-order valence-corrected chi connectivity index (χ3v) is 6.65. The first-order valence-corrected chi connectivity index (χ1v) is 12.9. The Kier molecular flexibility index (Phi) is 7.58. The normalized spacial score (nSPS) is 18.0. The Balaban J connectivity index is 1.56. The number of aromatic nitrogens is 1. The maximum Gasteiger partial charge on any atom is 0.295 e. The van der Waals surface area contributed by atoms with Crippen molar-refractivity contribution < 1.29 is 28.9 Å². The molecule has 8 heteroatoms. The Morgan fingerprint density at radius 1 is 1.03 bits per heavy atom. The highest BCUT2D eigenvalue weighted by molar-refractivity contribution is 6.46. The molecule has 1 N–H and O–H groups in total. The second kappa shape index (κ2) is 11.4. The minimum atomic E-state index is -0.810. The Hall–Kier alpha value is -4.33. The van der Waals surface area contributed by atoms with Crippen molar-refractivity contribution in [2.24, 2.45) is 0 Å². The molecule has 3 aromatic rings. The van der Waals surface area contributed by atoms with E-state index in [1.807, 2.05) is 24.3 Å². The van der Waals surface area contributed by atoms with Gasteiger partial charge in [-0.05, 0) is 60.0 Å². The molecular formula is C30H30N2O6. The van der Waals surface area contributed by atoms with Crippen LogP contribution in [0.5, 0.6) is 17.2 Å². The average molecular weight is 515 g/mol. The molecule has 0 bridgehead atoms. The van der Waals surface area contributed by atoms with Gasteiger partial charge in [-0.2, -0.15) is 0 Å². The summed E-state index contributed by atoms with van der Waals surface area (Å²) < 4.78 is 17.2. The monoisotopic (exact) mass is 514 g/mol. The van der Waals surface area contributed by atoms with Crippen LogP contribution in [0.1, 0.15) is 48.9 Å². The fraction of sp³-hybridized carbons (Fsp3) is 0.300. The predicted octanol–water partition coefficient (Wildman–Crippen LogP) is 5.04. The van der Waals surface area contributed by atoms with Crippen LogP contribution in [0.4, 0.5) is 0 Å². The number of carbonyl (C=O) groups excluding carboxylic acids is 2. The predicted molar refractivity (Wildman–Crippen MR) is 141 cm³/mol. The summed E-state index contributed by atoms with van der Waals surface area (Å²) in [5.41, 5.74) is 1.88. The van der Waals surface area contributed by atoms with Crippen molar-refractivity contribution in [3.8, 4) is 17.2 Å². The number of ketones is 1. The molecule has 0 saturated carbocycles. The topological polar surface area (TPSA) is 98.2 Å². The number of pyridine rings is 1. The van der Waals surface area contributed by atoms with E-state index in [9.17, 15) is 14.7 Å². The molecule has 2 aromatic carbocycles. The molecule has 3 heterocycles. The lowest BCUT2D eigenvalue weighted by molar-refractivity contribution is -0.140. The fourth-order valence-electron chi connectivity index (χ4n) is 4.74. The molecule has 0 radical (unpaired) electrons. The summed E-state index contributed by atoms with van der Waals surface area (Å²) in [6, 6.07) is 15.1. The number of hydrogen-bond acceptors (Lipinski definition) is 7. The Labute approximate surface area is 221 Å². The van der Waals surface area contributed by atoms with Crippen LogP contribution in [0.25, 0.3) is 5.76 Å².